The molecule has 0 atom stereocenters. The fourth-order valence-electron chi connectivity index (χ4n) is 2.13. The highest BCUT2D eigenvalue weighted by atomic mass is 16.1. The predicted molar refractivity (Wildman–Crippen MR) is 58.9 cm³/mol. The second kappa shape index (κ2) is 3.09. The van der Waals surface area contributed by atoms with Crippen LogP contribution in [-0.4, -0.2) is 10.8 Å². The van der Waals surface area contributed by atoms with Crippen LogP contribution < -0.4 is 0 Å². The van der Waals surface area contributed by atoms with E-state index in [1.165, 1.54) is 5.56 Å². The maximum Gasteiger partial charge on any atom is 0.163 e. The van der Waals surface area contributed by atoms with Gasteiger partial charge in [0.25, 0.3) is 0 Å². The summed E-state index contributed by atoms with van der Waals surface area (Å²) in [6, 6.07) is 10.1. The molecule has 1 aromatic carbocycles. The van der Waals surface area contributed by atoms with Crippen LogP contribution in [0.25, 0.3) is 11.3 Å². The lowest BCUT2D eigenvalue weighted by Crippen LogP contribution is -1.90. The number of H-pyrrole nitrogens is 1. The van der Waals surface area contributed by atoms with E-state index >= 15 is 0 Å². The fraction of sp³-hybridized carbons (Fsp3) is 0.154. The normalized spacial score (nSPS) is 14.3. The van der Waals surface area contributed by atoms with Crippen LogP contribution in [0.2, 0.25) is 0 Å². The molecular formula is C13H11NO. The van der Waals surface area contributed by atoms with Gasteiger partial charge in [-0.1, -0.05) is 12.1 Å². The minimum Gasteiger partial charge on any atom is -0.361 e. The number of carbonyl (C=O) groups excluding carboxylic acids is 1. The van der Waals surface area contributed by atoms with Crippen molar-refractivity contribution in [2.24, 2.45) is 0 Å². The third kappa shape index (κ3) is 1.30. The average Bonchev–Trinajstić information content (AvgIpc) is 2.88. The van der Waals surface area contributed by atoms with Gasteiger partial charge in [-0.15, -0.1) is 0 Å². The summed E-state index contributed by atoms with van der Waals surface area (Å²) in [4.78, 5) is 14.6. The van der Waals surface area contributed by atoms with Gasteiger partial charge >= 0.3 is 0 Å². The van der Waals surface area contributed by atoms with Gasteiger partial charge in [0.2, 0.25) is 0 Å². The molecule has 0 spiro atoms. The summed E-state index contributed by atoms with van der Waals surface area (Å²) in [7, 11) is 0. The van der Waals surface area contributed by atoms with E-state index in [2.05, 4.69) is 11.1 Å². The number of aryl methyl sites for hydroxylation is 1. The molecule has 0 bridgehead atoms. The Labute approximate surface area is 87.9 Å². The number of aromatic amines is 1. The Kier molecular flexibility index (Phi) is 1.75. The first-order valence-corrected chi connectivity index (χ1v) is 5.14. The van der Waals surface area contributed by atoms with Gasteiger partial charge in [-0.05, 0) is 35.7 Å². The molecule has 2 aromatic rings. The van der Waals surface area contributed by atoms with Crippen molar-refractivity contribution >= 4 is 5.78 Å². The summed E-state index contributed by atoms with van der Waals surface area (Å²) in [6.07, 6.45) is 3.47. The Morgan fingerprint density at radius 3 is 2.87 bits per heavy atom. The number of Topliss-reactive ketones (excluding diaryl/α,β-unsaturated/α-hetero) is 1. The Balaban J connectivity index is 2.11. The molecule has 1 aliphatic carbocycles. The number of nitrogens with one attached hydrogen (secondary N) is 1. The van der Waals surface area contributed by atoms with E-state index in [0.29, 0.717) is 6.42 Å². The predicted octanol–water partition coefficient (Wildman–Crippen LogP) is 2.81. The standard InChI is InChI=1S/C13H11NO/c15-13-6-4-9-8-10(3-5-11(9)13)12-2-1-7-14-12/h1-3,5,7-8,14H,4,6H2. The number of hydrogen-bond donors (Lipinski definition) is 1. The summed E-state index contributed by atoms with van der Waals surface area (Å²) in [5, 5.41) is 0. The second-order valence-corrected chi connectivity index (χ2v) is 3.88. The minimum atomic E-state index is 0.281. The molecule has 15 heavy (non-hydrogen) atoms. The van der Waals surface area contributed by atoms with Gasteiger partial charge in [-0.3, -0.25) is 4.79 Å². The summed E-state index contributed by atoms with van der Waals surface area (Å²) in [6.45, 7) is 0. The van der Waals surface area contributed by atoms with E-state index in [9.17, 15) is 4.79 Å². The van der Waals surface area contributed by atoms with Crippen LogP contribution >= 0.6 is 0 Å². The summed E-state index contributed by atoms with van der Waals surface area (Å²) in [5.74, 6) is 0.281. The third-order valence-corrected chi connectivity index (χ3v) is 2.94. The SMILES string of the molecule is O=C1CCc2cc(-c3ccc[nH]3)ccc21. The molecule has 0 fully saturated rings. The quantitative estimate of drug-likeness (QED) is 0.749. The fourth-order valence-corrected chi connectivity index (χ4v) is 2.13. The van der Waals surface area contributed by atoms with Crippen LogP contribution in [-0.2, 0) is 6.42 Å². The van der Waals surface area contributed by atoms with Gasteiger partial charge in [0.1, 0.15) is 0 Å². The van der Waals surface area contributed by atoms with Crippen molar-refractivity contribution in [1.82, 2.24) is 4.98 Å². The van der Waals surface area contributed by atoms with Crippen molar-refractivity contribution in [1.29, 1.82) is 0 Å². The first kappa shape index (κ1) is 8.48. The van der Waals surface area contributed by atoms with Crippen LogP contribution in [0.3, 0.4) is 0 Å². The smallest absolute Gasteiger partial charge is 0.163 e. The lowest BCUT2D eigenvalue weighted by molar-refractivity contribution is 0.0994. The molecule has 0 amide bonds. The van der Waals surface area contributed by atoms with Crippen molar-refractivity contribution in [3.05, 3.63) is 47.7 Å². The van der Waals surface area contributed by atoms with E-state index < -0.39 is 0 Å². The molecule has 0 unspecified atom stereocenters. The highest BCUT2D eigenvalue weighted by Gasteiger charge is 2.19. The van der Waals surface area contributed by atoms with Crippen molar-refractivity contribution < 1.29 is 4.79 Å². The maximum atomic E-state index is 11.5. The number of hydrogen-bond acceptors (Lipinski definition) is 1. The van der Waals surface area contributed by atoms with Crippen molar-refractivity contribution in [2.75, 3.05) is 0 Å². The van der Waals surface area contributed by atoms with E-state index in [0.717, 1.165) is 23.2 Å². The molecule has 0 radical (unpaired) electrons. The average molecular weight is 197 g/mol. The van der Waals surface area contributed by atoms with E-state index in [1.54, 1.807) is 0 Å². The van der Waals surface area contributed by atoms with Gasteiger partial charge in [-0.25, -0.2) is 0 Å². The molecule has 3 rings (SSSR count). The molecule has 74 valence electrons. The van der Waals surface area contributed by atoms with Gasteiger partial charge < -0.3 is 4.98 Å². The second-order valence-electron chi connectivity index (χ2n) is 3.88. The van der Waals surface area contributed by atoms with E-state index in [-0.39, 0.29) is 5.78 Å². The zero-order chi connectivity index (χ0) is 10.3. The Morgan fingerprint density at radius 1 is 1.13 bits per heavy atom. The van der Waals surface area contributed by atoms with Gasteiger partial charge in [-0.2, -0.15) is 0 Å². The van der Waals surface area contributed by atoms with Crippen molar-refractivity contribution in [3.63, 3.8) is 0 Å². The molecular weight excluding hydrogens is 186 g/mol. The number of rotatable bonds is 1. The minimum absolute atomic E-state index is 0.281. The number of carbonyl (C=O) groups is 1. The molecule has 1 N–H and O–H groups in total. The van der Waals surface area contributed by atoms with Crippen LogP contribution in [0.5, 0.6) is 0 Å². The highest BCUT2D eigenvalue weighted by Crippen LogP contribution is 2.27. The highest BCUT2D eigenvalue weighted by molar-refractivity contribution is 6.00. The van der Waals surface area contributed by atoms with Crippen molar-refractivity contribution in [2.45, 2.75) is 12.8 Å². The molecule has 2 heteroatoms. The van der Waals surface area contributed by atoms with E-state index in [4.69, 9.17) is 0 Å². The van der Waals surface area contributed by atoms with Gasteiger partial charge in [0.05, 0.1) is 0 Å². The molecule has 1 heterocycles. The summed E-state index contributed by atoms with van der Waals surface area (Å²) < 4.78 is 0. The lowest BCUT2D eigenvalue weighted by atomic mass is 10.0. The van der Waals surface area contributed by atoms with Gasteiger partial charge in [0, 0.05) is 23.9 Å². The summed E-state index contributed by atoms with van der Waals surface area (Å²) >= 11 is 0. The van der Waals surface area contributed by atoms with Crippen molar-refractivity contribution in [3.8, 4) is 11.3 Å². The monoisotopic (exact) mass is 197 g/mol. The Bertz CT molecular complexity index is 511. The lowest BCUT2D eigenvalue weighted by Gasteiger charge is -2.01. The van der Waals surface area contributed by atoms with Gasteiger partial charge in [0.15, 0.2) is 5.78 Å². The molecule has 2 nitrogen and oxygen atoms in total. The van der Waals surface area contributed by atoms with E-state index in [1.807, 2.05) is 30.5 Å². The van der Waals surface area contributed by atoms with Crippen LogP contribution in [0.4, 0.5) is 0 Å². The molecule has 1 aromatic heterocycles. The zero-order valence-electron chi connectivity index (χ0n) is 8.29. The largest absolute Gasteiger partial charge is 0.361 e. The first-order valence-electron chi connectivity index (χ1n) is 5.14. The Hall–Kier alpha value is -1.83. The number of ketones is 1. The van der Waals surface area contributed by atoms with Crippen LogP contribution in [0, 0.1) is 0 Å². The van der Waals surface area contributed by atoms with Crippen LogP contribution in [0.1, 0.15) is 22.3 Å². The zero-order valence-corrected chi connectivity index (χ0v) is 8.29. The number of fused-ring (bicyclic) bond motifs is 1. The Morgan fingerprint density at radius 2 is 2.07 bits per heavy atom. The number of aromatic nitrogens is 1. The molecule has 0 saturated heterocycles. The third-order valence-electron chi connectivity index (χ3n) is 2.94. The summed E-state index contributed by atoms with van der Waals surface area (Å²) in [5.41, 5.74) is 4.36. The van der Waals surface area contributed by atoms with Crippen LogP contribution in [0.15, 0.2) is 36.5 Å². The molecule has 0 saturated carbocycles. The maximum absolute atomic E-state index is 11.5. The first-order chi connectivity index (χ1) is 7.34. The number of benzene rings is 1. The molecule has 0 aliphatic heterocycles. The molecule has 1 aliphatic rings. The topological polar surface area (TPSA) is 32.9 Å².